The van der Waals surface area contributed by atoms with E-state index in [9.17, 15) is 14.9 Å². The highest BCUT2D eigenvalue weighted by atomic mass is 16.6. The number of nitro groups is 1. The number of nitrogens with zero attached hydrogens (tertiary/aromatic N) is 2. The average Bonchev–Trinajstić information content (AvgIpc) is 2.39. The van der Waals surface area contributed by atoms with Crippen LogP contribution in [0, 0.1) is 10.1 Å². The summed E-state index contributed by atoms with van der Waals surface area (Å²) in [5, 5.41) is 11.0. The Morgan fingerprint density at radius 2 is 1.89 bits per heavy atom. The summed E-state index contributed by atoms with van der Waals surface area (Å²) in [5.74, 6) is -0.692. The van der Waals surface area contributed by atoms with Gasteiger partial charge in [-0.2, -0.15) is 4.57 Å². The molecular weight excluding hydrogens is 234 g/mol. The lowest BCUT2D eigenvalue weighted by molar-refractivity contribution is -0.600. The first-order valence-electron chi connectivity index (χ1n) is 5.14. The Bertz CT molecular complexity index is 611. The van der Waals surface area contributed by atoms with Crippen LogP contribution in [0.1, 0.15) is 10.4 Å². The number of rotatable bonds is 3. The topological polar surface area (TPSA) is 90.1 Å². The van der Waals surface area contributed by atoms with Gasteiger partial charge < -0.3 is 5.73 Å². The molecule has 0 aliphatic carbocycles. The highest BCUT2D eigenvalue weighted by molar-refractivity contribution is 5.93. The van der Waals surface area contributed by atoms with Crippen LogP contribution in [0.2, 0.25) is 0 Å². The Labute approximate surface area is 102 Å². The third-order valence-corrected chi connectivity index (χ3v) is 2.45. The van der Waals surface area contributed by atoms with Crippen molar-refractivity contribution < 1.29 is 14.3 Å². The van der Waals surface area contributed by atoms with Crippen molar-refractivity contribution in [2.75, 3.05) is 0 Å². The van der Waals surface area contributed by atoms with Crippen molar-refractivity contribution in [3.63, 3.8) is 0 Å². The van der Waals surface area contributed by atoms with E-state index < -0.39 is 10.8 Å². The fraction of sp³-hybridized carbons (Fsp3) is 0. The van der Waals surface area contributed by atoms with Crippen LogP contribution >= 0.6 is 0 Å². The molecule has 90 valence electrons. The molecule has 2 N–H and O–H groups in total. The van der Waals surface area contributed by atoms with Crippen LogP contribution < -0.4 is 10.3 Å². The minimum Gasteiger partial charge on any atom is -0.366 e. The van der Waals surface area contributed by atoms with Crippen molar-refractivity contribution in [2.45, 2.75) is 0 Å². The van der Waals surface area contributed by atoms with E-state index >= 15 is 0 Å². The van der Waals surface area contributed by atoms with E-state index in [-0.39, 0.29) is 11.3 Å². The number of amides is 1. The number of carbonyl (C=O) groups is 1. The molecule has 1 aromatic heterocycles. The molecule has 0 saturated carbocycles. The first-order chi connectivity index (χ1) is 8.59. The van der Waals surface area contributed by atoms with Gasteiger partial charge in [0.2, 0.25) is 5.91 Å². The summed E-state index contributed by atoms with van der Waals surface area (Å²) in [4.78, 5) is 21.5. The molecular formula is C12H10N3O3+. The van der Waals surface area contributed by atoms with Crippen LogP contribution in [0.5, 0.6) is 0 Å². The molecule has 1 heterocycles. The fourth-order valence-corrected chi connectivity index (χ4v) is 1.60. The van der Waals surface area contributed by atoms with Gasteiger partial charge in [-0.15, -0.1) is 0 Å². The number of carbonyl (C=O) groups excluding carboxylic acids is 1. The van der Waals surface area contributed by atoms with Crippen LogP contribution in [0.25, 0.3) is 5.69 Å². The third kappa shape index (κ3) is 2.17. The second-order valence-electron chi connectivity index (χ2n) is 3.61. The molecule has 1 amide bonds. The van der Waals surface area contributed by atoms with Gasteiger partial charge >= 0.3 is 5.69 Å². The van der Waals surface area contributed by atoms with Gasteiger partial charge in [0.05, 0.1) is 4.92 Å². The van der Waals surface area contributed by atoms with Crippen molar-refractivity contribution in [1.82, 2.24) is 0 Å². The van der Waals surface area contributed by atoms with E-state index in [0.717, 1.165) is 0 Å². The first kappa shape index (κ1) is 11.7. The standard InChI is InChI=1S/C12H9N3O3/c13-12(16)9-4-5-10(11(8-9)15(17)18)14-6-2-1-3-7-14/h1-8H,(H-,13,16)/p+1. The molecule has 0 unspecified atom stereocenters. The lowest BCUT2D eigenvalue weighted by atomic mass is 10.1. The Balaban J connectivity index is 2.61. The zero-order valence-electron chi connectivity index (χ0n) is 9.32. The summed E-state index contributed by atoms with van der Waals surface area (Å²) in [6, 6.07) is 9.46. The summed E-state index contributed by atoms with van der Waals surface area (Å²) in [7, 11) is 0. The lowest BCUT2D eigenvalue weighted by Crippen LogP contribution is -2.30. The minimum absolute atomic E-state index is 0.113. The van der Waals surface area contributed by atoms with E-state index in [2.05, 4.69) is 0 Å². The molecule has 6 heteroatoms. The lowest BCUT2D eigenvalue weighted by Gasteiger charge is -1.99. The van der Waals surface area contributed by atoms with Gasteiger partial charge in [-0.25, -0.2) is 0 Å². The van der Waals surface area contributed by atoms with Crippen molar-refractivity contribution in [1.29, 1.82) is 0 Å². The maximum Gasteiger partial charge on any atom is 0.341 e. The number of pyridine rings is 1. The zero-order chi connectivity index (χ0) is 13.1. The van der Waals surface area contributed by atoms with E-state index in [1.54, 1.807) is 35.2 Å². The molecule has 2 aromatic rings. The summed E-state index contributed by atoms with van der Waals surface area (Å²) < 4.78 is 1.60. The monoisotopic (exact) mass is 244 g/mol. The molecule has 6 nitrogen and oxygen atoms in total. The van der Waals surface area contributed by atoms with Gasteiger partial charge in [0, 0.05) is 29.8 Å². The molecule has 2 rings (SSSR count). The number of benzene rings is 1. The van der Waals surface area contributed by atoms with E-state index in [1.807, 2.05) is 0 Å². The predicted molar refractivity (Wildman–Crippen MR) is 63.1 cm³/mol. The SMILES string of the molecule is NC(=O)c1ccc(-[n+]2ccccc2)c([N+](=O)[O-])c1. The minimum atomic E-state index is -0.692. The van der Waals surface area contributed by atoms with Gasteiger partial charge in [0.15, 0.2) is 12.4 Å². The van der Waals surface area contributed by atoms with E-state index in [1.165, 1.54) is 18.2 Å². The zero-order valence-corrected chi connectivity index (χ0v) is 9.32. The second-order valence-corrected chi connectivity index (χ2v) is 3.61. The van der Waals surface area contributed by atoms with Crippen molar-refractivity contribution >= 4 is 11.6 Å². The molecule has 18 heavy (non-hydrogen) atoms. The molecule has 0 aliphatic rings. The number of nitro benzene ring substituents is 1. The predicted octanol–water partition coefficient (Wildman–Crippen LogP) is 0.970. The van der Waals surface area contributed by atoms with Crippen LogP contribution in [-0.4, -0.2) is 10.8 Å². The Morgan fingerprint density at radius 1 is 1.22 bits per heavy atom. The number of nitrogens with two attached hydrogens (primary N) is 1. The molecule has 0 atom stereocenters. The van der Waals surface area contributed by atoms with Crippen LogP contribution in [-0.2, 0) is 0 Å². The highest BCUT2D eigenvalue weighted by Crippen LogP contribution is 2.20. The molecule has 0 saturated heterocycles. The number of hydrogen-bond donors (Lipinski definition) is 1. The highest BCUT2D eigenvalue weighted by Gasteiger charge is 2.23. The third-order valence-electron chi connectivity index (χ3n) is 2.45. The van der Waals surface area contributed by atoms with Gasteiger partial charge in [0.1, 0.15) is 0 Å². The average molecular weight is 244 g/mol. The molecule has 0 radical (unpaired) electrons. The molecule has 0 fully saturated rings. The van der Waals surface area contributed by atoms with Crippen LogP contribution in [0.3, 0.4) is 0 Å². The Hall–Kier alpha value is -2.76. The number of hydrogen-bond acceptors (Lipinski definition) is 3. The summed E-state index contributed by atoms with van der Waals surface area (Å²) in [6.07, 6.45) is 3.37. The summed E-state index contributed by atoms with van der Waals surface area (Å²) >= 11 is 0. The Kier molecular flexibility index (Phi) is 3.01. The normalized spacial score (nSPS) is 10.0. The molecule has 0 spiro atoms. The maximum atomic E-state index is 11.0. The van der Waals surface area contributed by atoms with Crippen LogP contribution in [0.15, 0.2) is 48.8 Å². The summed E-state index contributed by atoms with van der Waals surface area (Å²) in [6.45, 7) is 0. The largest absolute Gasteiger partial charge is 0.366 e. The first-order valence-corrected chi connectivity index (χ1v) is 5.14. The van der Waals surface area contributed by atoms with Crippen LogP contribution in [0.4, 0.5) is 5.69 Å². The van der Waals surface area contributed by atoms with Crippen molar-refractivity contribution in [2.24, 2.45) is 5.73 Å². The van der Waals surface area contributed by atoms with Crippen molar-refractivity contribution in [3.8, 4) is 5.69 Å². The van der Waals surface area contributed by atoms with Crippen molar-refractivity contribution in [3.05, 3.63) is 64.5 Å². The van der Waals surface area contributed by atoms with Gasteiger partial charge in [-0.1, -0.05) is 6.07 Å². The van der Waals surface area contributed by atoms with Gasteiger partial charge in [-0.3, -0.25) is 14.9 Å². The van der Waals surface area contributed by atoms with Gasteiger partial charge in [-0.05, 0) is 6.07 Å². The van der Waals surface area contributed by atoms with E-state index in [0.29, 0.717) is 5.69 Å². The number of aromatic nitrogens is 1. The quantitative estimate of drug-likeness (QED) is 0.495. The molecule has 0 bridgehead atoms. The number of primary amides is 1. The second kappa shape index (κ2) is 4.62. The maximum absolute atomic E-state index is 11.0. The Morgan fingerprint density at radius 3 is 2.44 bits per heavy atom. The smallest absolute Gasteiger partial charge is 0.341 e. The van der Waals surface area contributed by atoms with Gasteiger partial charge in [0.25, 0.3) is 5.69 Å². The summed E-state index contributed by atoms with van der Waals surface area (Å²) in [5.41, 5.74) is 5.43. The fourth-order valence-electron chi connectivity index (χ4n) is 1.60. The molecule has 0 aliphatic heterocycles. The molecule has 1 aromatic carbocycles. The van der Waals surface area contributed by atoms with E-state index in [4.69, 9.17) is 5.73 Å².